The summed E-state index contributed by atoms with van der Waals surface area (Å²) in [5, 5.41) is 2.85. The first-order chi connectivity index (χ1) is 13.4. The second kappa shape index (κ2) is 9.59. The van der Waals surface area contributed by atoms with Gasteiger partial charge in [-0.05, 0) is 49.7 Å². The largest absolute Gasteiger partial charge is 0.369 e. The molecule has 0 saturated carbocycles. The zero-order chi connectivity index (χ0) is 20.1. The first kappa shape index (κ1) is 20.9. The molecule has 2 aromatic rings. The molecule has 1 N–H and O–H groups in total. The monoisotopic (exact) mass is 423 g/mol. The molecule has 2 aromatic carbocycles. The molecule has 1 aliphatic rings. The van der Waals surface area contributed by atoms with Crippen LogP contribution in [-0.4, -0.2) is 50.1 Å². The number of aryl methyl sites for hydroxylation is 1. The Morgan fingerprint density at radius 1 is 1.11 bits per heavy atom. The van der Waals surface area contributed by atoms with E-state index in [1.165, 1.54) is 17.3 Å². The lowest BCUT2D eigenvalue weighted by Gasteiger charge is -2.36. The van der Waals surface area contributed by atoms with Crippen molar-refractivity contribution in [1.29, 1.82) is 0 Å². The Labute approximate surface area is 175 Å². The number of hydrogen-bond acceptors (Lipinski definition) is 3. The standard InChI is InChI=1S/C21H24Cl2FN3O/c1-15-4-2-5-16(12-15)27-10-8-26(9-11-27)7-3-6-25-21(28)17-13-20(24)19(23)14-18(17)22/h2,4-5,12-14H,3,6-11H2,1H3,(H,25,28). The third-order valence-electron chi connectivity index (χ3n) is 4.93. The molecule has 28 heavy (non-hydrogen) atoms. The molecule has 0 aromatic heterocycles. The van der Waals surface area contributed by atoms with E-state index >= 15 is 0 Å². The number of piperazine rings is 1. The van der Waals surface area contributed by atoms with Gasteiger partial charge in [-0.25, -0.2) is 4.39 Å². The molecule has 1 fully saturated rings. The van der Waals surface area contributed by atoms with E-state index in [4.69, 9.17) is 23.2 Å². The first-order valence-corrected chi connectivity index (χ1v) is 10.2. The summed E-state index contributed by atoms with van der Waals surface area (Å²) >= 11 is 11.6. The van der Waals surface area contributed by atoms with Gasteiger partial charge in [0.1, 0.15) is 5.82 Å². The number of benzene rings is 2. The van der Waals surface area contributed by atoms with Gasteiger partial charge in [0.2, 0.25) is 0 Å². The van der Waals surface area contributed by atoms with Crippen LogP contribution in [0, 0.1) is 12.7 Å². The van der Waals surface area contributed by atoms with E-state index < -0.39 is 5.82 Å². The van der Waals surface area contributed by atoms with Crippen LogP contribution in [-0.2, 0) is 0 Å². The van der Waals surface area contributed by atoms with Gasteiger partial charge in [-0.1, -0.05) is 35.3 Å². The highest BCUT2D eigenvalue weighted by Gasteiger charge is 2.17. The van der Waals surface area contributed by atoms with Crippen molar-refractivity contribution < 1.29 is 9.18 Å². The van der Waals surface area contributed by atoms with Crippen LogP contribution < -0.4 is 10.2 Å². The Kier molecular flexibility index (Phi) is 7.16. The lowest BCUT2D eigenvalue weighted by Crippen LogP contribution is -2.47. The number of hydrogen-bond donors (Lipinski definition) is 1. The molecule has 4 nitrogen and oxygen atoms in total. The second-order valence-electron chi connectivity index (χ2n) is 7.02. The van der Waals surface area contributed by atoms with Gasteiger partial charge in [-0.3, -0.25) is 9.69 Å². The topological polar surface area (TPSA) is 35.6 Å². The lowest BCUT2D eigenvalue weighted by molar-refractivity contribution is 0.0951. The van der Waals surface area contributed by atoms with E-state index in [0.29, 0.717) is 6.54 Å². The Morgan fingerprint density at radius 3 is 2.57 bits per heavy atom. The van der Waals surface area contributed by atoms with Crippen molar-refractivity contribution >= 4 is 34.8 Å². The summed E-state index contributed by atoms with van der Waals surface area (Å²) < 4.78 is 13.5. The molecule has 0 spiro atoms. The maximum atomic E-state index is 13.5. The summed E-state index contributed by atoms with van der Waals surface area (Å²) in [4.78, 5) is 17.0. The molecule has 1 aliphatic heterocycles. The summed E-state index contributed by atoms with van der Waals surface area (Å²) in [7, 11) is 0. The highest BCUT2D eigenvalue weighted by molar-refractivity contribution is 6.36. The van der Waals surface area contributed by atoms with E-state index in [1.54, 1.807) is 0 Å². The van der Waals surface area contributed by atoms with Crippen LogP contribution in [0.25, 0.3) is 0 Å². The van der Waals surface area contributed by atoms with Crippen molar-refractivity contribution in [2.75, 3.05) is 44.2 Å². The molecular formula is C21H24Cl2FN3O. The fourth-order valence-electron chi connectivity index (χ4n) is 3.35. The number of amides is 1. The Hall–Kier alpha value is -1.82. The van der Waals surface area contributed by atoms with Crippen LogP contribution >= 0.6 is 23.2 Å². The van der Waals surface area contributed by atoms with Gasteiger partial charge < -0.3 is 10.2 Å². The SMILES string of the molecule is Cc1cccc(N2CCN(CCCNC(=O)c3cc(F)c(Cl)cc3Cl)CC2)c1. The van der Waals surface area contributed by atoms with Crippen LogP contribution in [0.5, 0.6) is 0 Å². The molecule has 0 bridgehead atoms. The normalized spacial score (nSPS) is 14.9. The molecule has 1 saturated heterocycles. The van der Waals surface area contributed by atoms with Crippen molar-refractivity contribution in [3.63, 3.8) is 0 Å². The minimum atomic E-state index is -0.650. The molecule has 0 unspecified atom stereocenters. The lowest BCUT2D eigenvalue weighted by atomic mass is 10.2. The highest BCUT2D eigenvalue weighted by atomic mass is 35.5. The van der Waals surface area contributed by atoms with Gasteiger partial charge in [-0.2, -0.15) is 0 Å². The molecule has 3 rings (SSSR count). The minimum Gasteiger partial charge on any atom is -0.369 e. The number of nitrogens with zero attached hydrogens (tertiary/aromatic N) is 2. The maximum absolute atomic E-state index is 13.5. The molecule has 150 valence electrons. The van der Waals surface area contributed by atoms with E-state index in [0.717, 1.165) is 45.2 Å². The summed E-state index contributed by atoms with van der Waals surface area (Å²) in [5.41, 5.74) is 2.66. The smallest absolute Gasteiger partial charge is 0.252 e. The van der Waals surface area contributed by atoms with Gasteiger partial charge in [0.25, 0.3) is 5.91 Å². The van der Waals surface area contributed by atoms with Gasteiger partial charge in [0.15, 0.2) is 0 Å². The summed E-state index contributed by atoms with van der Waals surface area (Å²) in [5.74, 6) is -1.03. The van der Waals surface area contributed by atoms with E-state index in [-0.39, 0.29) is 21.5 Å². The van der Waals surface area contributed by atoms with Crippen molar-refractivity contribution in [1.82, 2.24) is 10.2 Å². The average molecular weight is 424 g/mol. The molecule has 0 radical (unpaired) electrons. The van der Waals surface area contributed by atoms with E-state index in [2.05, 4.69) is 46.3 Å². The van der Waals surface area contributed by atoms with Crippen LogP contribution in [0.2, 0.25) is 10.0 Å². The zero-order valence-corrected chi connectivity index (χ0v) is 17.4. The van der Waals surface area contributed by atoms with Gasteiger partial charge >= 0.3 is 0 Å². The van der Waals surface area contributed by atoms with Crippen molar-refractivity contribution in [3.05, 3.63) is 63.4 Å². The molecule has 1 heterocycles. The number of nitrogens with one attached hydrogen (secondary N) is 1. The predicted molar refractivity (Wildman–Crippen MR) is 113 cm³/mol. The Morgan fingerprint density at radius 2 is 1.86 bits per heavy atom. The van der Waals surface area contributed by atoms with Crippen LogP contribution in [0.15, 0.2) is 36.4 Å². The van der Waals surface area contributed by atoms with E-state index in [1.807, 2.05) is 0 Å². The first-order valence-electron chi connectivity index (χ1n) is 9.41. The number of carbonyl (C=O) groups is 1. The number of halogens is 3. The second-order valence-corrected chi connectivity index (χ2v) is 7.84. The van der Waals surface area contributed by atoms with Crippen LogP contribution in [0.3, 0.4) is 0 Å². The van der Waals surface area contributed by atoms with Gasteiger partial charge in [0, 0.05) is 38.4 Å². The Bertz CT molecular complexity index is 838. The number of carbonyl (C=O) groups excluding carboxylic acids is 1. The molecule has 1 amide bonds. The number of rotatable bonds is 6. The highest BCUT2D eigenvalue weighted by Crippen LogP contribution is 2.24. The third kappa shape index (κ3) is 5.37. The van der Waals surface area contributed by atoms with E-state index in [9.17, 15) is 9.18 Å². The van der Waals surface area contributed by atoms with Crippen molar-refractivity contribution in [2.24, 2.45) is 0 Å². The maximum Gasteiger partial charge on any atom is 0.252 e. The Balaban J connectivity index is 1.39. The fraction of sp³-hybridized carbons (Fsp3) is 0.381. The van der Waals surface area contributed by atoms with Crippen LogP contribution in [0.1, 0.15) is 22.3 Å². The van der Waals surface area contributed by atoms with Crippen molar-refractivity contribution in [3.8, 4) is 0 Å². The third-order valence-corrected chi connectivity index (χ3v) is 5.53. The quantitative estimate of drug-likeness (QED) is 0.552. The van der Waals surface area contributed by atoms with Gasteiger partial charge in [-0.15, -0.1) is 0 Å². The van der Waals surface area contributed by atoms with Crippen molar-refractivity contribution in [2.45, 2.75) is 13.3 Å². The molecule has 7 heteroatoms. The summed E-state index contributed by atoms with van der Waals surface area (Å²) in [6.07, 6.45) is 0.823. The summed E-state index contributed by atoms with van der Waals surface area (Å²) in [6, 6.07) is 10.9. The fourth-order valence-corrected chi connectivity index (χ4v) is 3.82. The molecular weight excluding hydrogens is 400 g/mol. The average Bonchev–Trinajstić information content (AvgIpc) is 2.68. The number of anilines is 1. The zero-order valence-electron chi connectivity index (χ0n) is 15.9. The predicted octanol–water partition coefficient (Wildman–Crippen LogP) is 4.38. The molecule has 0 atom stereocenters. The molecule has 0 aliphatic carbocycles. The minimum absolute atomic E-state index is 0.0913. The summed E-state index contributed by atoms with van der Waals surface area (Å²) in [6.45, 7) is 7.51. The van der Waals surface area contributed by atoms with Crippen LogP contribution in [0.4, 0.5) is 10.1 Å². The van der Waals surface area contributed by atoms with Gasteiger partial charge in [0.05, 0.1) is 15.6 Å².